The number of rotatable bonds is 2. The number of nitrogens with zero attached hydrogens (tertiary/aromatic N) is 1. The predicted octanol–water partition coefficient (Wildman–Crippen LogP) is 3.44. The second kappa shape index (κ2) is 4.62. The van der Waals surface area contributed by atoms with Crippen molar-refractivity contribution in [3.63, 3.8) is 0 Å². The van der Waals surface area contributed by atoms with Gasteiger partial charge in [-0.3, -0.25) is 0 Å². The van der Waals surface area contributed by atoms with E-state index in [0.717, 1.165) is 13.1 Å². The third kappa shape index (κ3) is 2.19. The van der Waals surface area contributed by atoms with Crippen LogP contribution in [0, 0.1) is 6.07 Å². The Balaban J connectivity index is 1.86. The summed E-state index contributed by atoms with van der Waals surface area (Å²) in [6, 6.07) is 20.2. The highest BCUT2D eigenvalue weighted by molar-refractivity contribution is 5.55. The first-order valence-corrected chi connectivity index (χ1v) is 6.21. The van der Waals surface area contributed by atoms with Crippen LogP contribution in [0.5, 0.6) is 0 Å². The number of hydrogen-bond acceptors (Lipinski definition) is 1. The minimum Gasteiger partial charge on any atom is -0.367 e. The van der Waals surface area contributed by atoms with Crippen LogP contribution in [0.25, 0.3) is 0 Å². The van der Waals surface area contributed by atoms with Crippen LogP contribution >= 0.6 is 0 Å². The van der Waals surface area contributed by atoms with E-state index in [1.54, 1.807) is 0 Å². The van der Waals surface area contributed by atoms with Crippen molar-refractivity contribution in [2.24, 2.45) is 0 Å². The molecule has 0 saturated heterocycles. The summed E-state index contributed by atoms with van der Waals surface area (Å²) in [5.74, 6) is 0. The molecule has 0 saturated carbocycles. The van der Waals surface area contributed by atoms with Gasteiger partial charge in [0.05, 0.1) is 0 Å². The van der Waals surface area contributed by atoms with Gasteiger partial charge in [0.15, 0.2) is 0 Å². The summed E-state index contributed by atoms with van der Waals surface area (Å²) in [5, 5.41) is 0. The summed E-state index contributed by atoms with van der Waals surface area (Å²) >= 11 is 0. The Morgan fingerprint density at radius 1 is 1.12 bits per heavy atom. The topological polar surface area (TPSA) is 3.24 Å². The molecule has 3 rings (SSSR count). The molecule has 0 bridgehead atoms. The van der Waals surface area contributed by atoms with E-state index >= 15 is 0 Å². The fourth-order valence-electron chi connectivity index (χ4n) is 2.51. The van der Waals surface area contributed by atoms with Crippen molar-refractivity contribution in [3.8, 4) is 0 Å². The summed E-state index contributed by atoms with van der Waals surface area (Å²) in [7, 11) is 0. The molecular formula is C16H16N. The molecule has 2 aromatic carbocycles. The zero-order valence-electron chi connectivity index (χ0n) is 9.89. The molecule has 1 radical (unpaired) electrons. The summed E-state index contributed by atoms with van der Waals surface area (Å²) in [5.41, 5.74) is 4.21. The quantitative estimate of drug-likeness (QED) is 0.752. The molecule has 0 spiro atoms. The summed E-state index contributed by atoms with van der Waals surface area (Å²) in [6.07, 6.45) is 2.44. The molecule has 0 atom stereocenters. The lowest BCUT2D eigenvalue weighted by Crippen LogP contribution is -2.28. The maximum Gasteiger partial charge on any atom is 0.0429 e. The van der Waals surface area contributed by atoms with Crippen molar-refractivity contribution in [1.29, 1.82) is 0 Å². The van der Waals surface area contributed by atoms with Gasteiger partial charge in [-0.05, 0) is 42.2 Å². The van der Waals surface area contributed by atoms with Crippen LogP contribution < -0.4 is 4.90 Å². The predicted molar refractivity (Wildman–Crippen MR) is 71.1 cm³/mol. The van der Waals surface area contributed by atoms with Gasteiger partial charge in [-0.25, -0.2) is 0 Å². The van der Waals surface area contributed by atoms with Crippen LogP contribution in [0.1, 0.15) is 17.5 Å². The van der Waals surface area contributed by atoms with E-state index in [-0.39, 0.29) is 0 Å². The Morgan fingerprint density at radius 3 is 2.88 bits per heavy atom. The summed E-state index contributed by atoms with van der Waals surface area (Å²) in [6.45, 7) is 2.17. The molecule has 1 heteroatoms. The van der Waals surface area contributed by atoms with Crippen LogP contribution in [-0.2, 0) is 13.0 Å². The Kier molecular flexibility index (Phi) is 2.83. The largest absolute Gasteiger partial charge is 0.367 e. The Hall–Kier alpha value is -1.76. The molecule has 1 aliphatic heterocycles. The van der Waals surface area contributed by atoms with Gasteiger partial charge in [0, 0.05) is 18.8 Å². The van der Waals surface area contributed by atoms with Crippen LogP contribution in [0.4, 0.5) is 5.69 Å². The lowest BCUT2D eigenvalue weighted by atomic mass is 10.0. The monoisotopic (exact) mass is 222 g/mol. The van der Waals surface area contributed by atoms with Gasteiger partial charge in [0.1, 0.15) is 0 Å². The zero-order valence-corrected chi connectivity index (χ0v) is 9.89. The molecule has 0 aliphatic carbocycles. The van der Waals surface area contributed by atoms with Crippen molar-refractivity contribution >= 4 is 5.69 Å². The molecular weight excluding hydrogens is 206 g/mol. The van der Waals surface area contributed by atoms with Gasteiger partial charge >= 0.3 is 0 Å². The van der Waals surface area contributed by atoms with E-state index in [0.29, 0.717) is 0 Å². The molecule has 1 aliphatic rings. The molecule has 85 valence electrons. The van der Waals surface area contributed by atoms with Crippen LogP contribution in [0.2, 0.25) is 0 Å². The SMILES string of the molecule is [c]1ccc2c(c1)CCCN2Cc1ccccc1. The lowest BCUT2D eigenvalue weighted by molar-refractivity contribution is 0.691. The van der Waals surface area contributed by atoms with E-state index in [2.05, 4.69) is 53.4 Å². The smallest absolute Gasteiger partial charge is 0.0429 e. The van der Waals surface area contributed by atoms with E-state index in [4.69, 9.17) is 0 Å². The summed E-state index contributed by atoms with van der Waals surface area (Å²) < 4.78 is 0. The Morgan fingerprint density at radius 2 is 2.00 bits per heavy atom. The average molecular weight is 222 g/mol. The first kappa shape index (κ1) is 10.4. The fourth-order valence-corrected chi connectivity index (χ4v) is 2.51. The van der Waals surface area contributed by atoms with Crippen LogP contribution in [0.3, 0.4) is 0 Å². The van der Waals surface area contributed by atoms with E-state index in [1.165, 1.54) is 29.7 Å². The number of fused-ring (bicyclic) bond motifs is 1. The molecule has 0 fully saturated rings. The van der Waals surface area contributed by atoms with E-state index < -0.39 is 0 Å². The van der Waals surface area contributed by atoms with Crippen molar-refractivity contribution in [2.75, 3.05) is 11.4 Å². The molecule has 1 heterocycles. The number of benzene rings is 2. The zero-order chi connectivity index (χ0) is 11.5. The number of anilines is 1. The van der Waals surface area contributed by atoms with Crippen molar-refractivity contribution in [3.05, 3.63) is 65.7 Å². The second-order valence-electron chi connectivity index (χ2n) is 4.57. The third-order valence-corrected chi connectivity index (χ3v) is 3.36. The Labute approximate surface area is 103 Å². The Bertz CT molecular complexity index is 490. The van der Waals surface area contributed by atoms with Crippen LogP contribution in [-0.4, -0.2) is 6.54 Å². The van der Waals surface area contributed by atoms with Crippen molar-refractivity contribution in [2.45, 2.75) is 19.4 Å². The maximum atomic E-state index is 3.18. The van der Waals surface area contributed by atoms with E-state index in [9.17, 15) is 0 Å². The van der Waals surface area contributed by atoms with Gasteiger partial charge in [-0.1, -0.05) is 36.4 Å². The first-order valence-electron chi connectivity index (χ1n) is 6.21. The molecule has 0 aromatic heterocycles. The molecule has 0 unspecified atom stereocenters. The molecule has 0 N–H and O–H groups in total. The van der Waals surface area contributed by atoms with Gasteiger partial charge in [0.2, 0.25) is 0 Å². The van der Waals surface area contributed by atoms with Crippen molar-refractivity contribution < 1.29 is 0 Å². The first-order chi connectivity index (χ1) is 8.43. The van der Waals surface area contributed by atoms with Gasteiger partial charge in [0.25, 0.3) is 0 Å². The molecule has 17 heavy (non-hydrogen) atoms. The van der Waals surface area contributed by atoms with Crippen molar-refractivity contribution in [1.82, 2.24) is 0 Å². The van der Waals surface area contributed by atoms with Gasteiger partial charge in [-0.2, -0.15) is 0 Å². The fraction of sp³-hybridized carbons (Fsp3) is 0.250. The number of aryl methyl sites for hydroxylation is 1. The number of hydrogen-bond donors (Lipinski definition) is 0. The lowest BCUT2D eigenvalue weighted by Gasteiger charge is -2.31. The molecule has 0 amide bonds. The van der Waals surface area contributed by atoms with Crippen LogP contribution in [0.15, 0.2) is 48.5 Å². The molecule has 1 nitrogen and oxygen atoms in total. The highest BCUT2D eigenvalue weighted by Crippen LogP contribution is 2.27. The maximum absolute atomic E-state index is 3.18. The van der Waals surface area contributed by atoms with Gasteiger partial charge < -0.3 is 4.90 Å². The normalized spacial score (nSPS) is 14.5. The van der Waals surface area contributed by atoms with Gasteiger partial charge in [-0.15, -0.1) is 0 Å². The minimum atomic E-state index is 1.01. The highest BCUT2D eigenvalue weighted by atomic mass is 15.1. The summed E-state index contributed by atoms with van der Waals surface area (Å²) in [4.78, 5) is 2.47. The second-order valence-corrected chi connectivity index (χ2v) is 4.57. The molecule has 2 aromatic rings. The minimum absolute atomic E-state index is 1.01. The van der Waals surface area contributed by atoms with E-state index in [1.807, 2.05) is 6.07 Å². The third-order valence-electron chi connectivity index (χ3n) is 3.36. The average Bonchev–Trinajstić information content (AvgIpc) is 2.40. The highest BCUT2D eigenvalue weighted by Gasteiger charge is 2.15. The standard InChI is InChI=1S/C16H16N/c1-2-7-14(8-3-1)13-17-12-6-10-15-9-4-5-11-16(15)17/h1-3,5,7-9,11H,6,10,12-13H2.